The van der Waals surface area contributed by atoms with E-state index < -0.39 is 0 Å². The van der Waals surface area contributed by atoms with Gasteiger partial charge in [-0.2, -0.15) is 0 Å². The molecule has 3 aromatic carbocycles. The summed E-state index contributed by atoms with van der Waals surface area (Å²) in [5.74, 6) is 0. The third-order valence-electron chi connectivity index (χ3n) is 4.96. The van der Waals surface area contributed by atoms with Gasteiger partial charge >= 0.3 is 0 Å². The number of rotatable bonds is 1. The van der Waals surface area contributed by atoms with Gasteiger partial charge in [-0.3, -0.25) is 8.80 Å². The normalized spacial score (nSPS) is 11.8. The summed E-state index contributed by atoms with van der Waals surface area (Å²) in [7, 11) is 0. The van der Waals surface area contributed by atoms with E-state index in [-0.39, 0.29) is 0 Å². The molecular weight excluding hydrogens is 320 g/mol. The molecule has 3 heterocycles. The molecule has 0 saturated carbocycles. The monoisotopic (exact) mass is 334 g/mol. The van der Waals surface area contributed by atoms with Crippen LogP contribution in [0.3, 0.4) is 0 Å². The van der Waals surface area contributed by atoms with E-state index >= 15 is 0 Å². The van der Waals surface area contributed by atoms with Crippen molar-refractivity contribution in [3.63, 3.8) is 0 Å². The molecule has 0 saturated heterocycles. The molecule has 0 aliphatic carbocycles. The first kappa shape index (κ1) is 13.6. The van der Waals surface area contributed by atoms with E-state index in [2.05, 4.69) is 75.5 Å². The summed E-state index contributed by atoms with van der Waals surface area (Å²) in [6, 6.07) is 27.0. The Morgan fingerprint density at radius 2 is 1.23 bits per heavy atom. The van der Waals surface area contributed by atoms with Gasteiger partial charge in [-0.05, 0) is 24.3 Å². The van der Waals surface area contributed by atoms with Gasteiger partial charge < -0.3 is 0 Å². The van der Waals surface area contributed by atoms with Gasteiger partial charge in [0.2, 0.25) is 0 Å². The molecule has 0 aliphatic heterocycles. The van der Waals surface area contributed by atoms with E-state index in [9.17, 15) is 0 Å². The van der Waals surface area contributed by atoms with Crippen LogP contribution in [-0.4, -0.2) is 18.8 Å². The molecule has 0 spiro atoms. The molecule has 6 rings (SSSR count). The van der Waals surface area contributed by atoms with Gasteiger partial charge in [0.25, 0.3) is 0 Å². The van der Waals surface area contributed by atoms with Crippen LogP contribution in [0.2, 0.25) is 0 Å². The molecule has 0 atom stereocenters. The third kappa shape index (κ3) is 1.68. The van der Waals surface area contributed by atoms with Crippen LogP contribution in [0.25, 0.3) is 44.6 Å². The van der Waals surface area contributed by atoms with Gasteiger partial charge in [-0.15, -0.1) is 0 Å². The summed E-state index contributed by atoms with van der Waals surface area (Å²) in [5, 5.41) is 0. The Balaban J connectivity index is 1.91. The maximum absolute atomic E-state index is 4.88. The molecule has 0 fully saturated rings. The SMILES string of the molecule is c1ccc(-c2cnc3c4nc5ccccc5n4c4ccccc4n23)cc1. The molecule has 4 heteroatoms. The number of para-hydroxylation sites is 4. The van der Waals surface area contributed by atoms with Crippen molar-refractivity contribution < 1.29 is 0 Å². The molecule has 0 aliphatic rings. The number of nitrogens with zero attached hydrogens (tertiary/aromatic N) is 4. The average Bonchev–Trinajstić information content (AvgIpc) is 3.31. The number of imidazole rings is 2. The van der Waals surface area contributed by atoms with E-state index in [1.54, 1.807) is 0 Å². The lowest BCUT2D eigenvalue weighted by molar-refractivity contribution is 1.19. The summed E-state index contributed by atoms with van der Waals surface area (Å²) >= 11 is 0. The standard InChI is InChI=1S/C22H14N4/c1-2-8-15(9-3-1)20-14-23-21-22-24-16-10-4-5-11-17(16)25(22)18-12-6-7-13-19(18)26(20)21/h1-14H. The second-order valence-electron chi connectivity index (χ2n) is 6.42. The minimum absolute atomic E-state index is 0.874. The van der Waals surface area contributed by atoms with Crippen molar-refractivity contribution in [2.24, 2.45) is 0 Å². The zero-order chi connectivity index (χ0) is 17.1. The number of benzene rings is 3. The Labute approximate surface area is 149 Å². The number of fused-ring (bicyclic) bond motifs is 8. The van der Waals surface area contributed by atoms with Crippen molar-refractivity contribution in [3.8, 4) is 11.3 Å². The molecule has 6 aromatic rings. The van der Waals surface area contributed by atoms with Crippen LogP contribution in [0.1, 0.15) is 0 Å². The Morgan fingerprint density at radius 1 is 0.577 bits per heavy atom. The maximum Gasteiger partial charge on any atom is 0.182 e. The fourth-order valence-electron chi connectivity index (χ4n) is 3.83. The highest BCUT2D eigenvalue weighted by Gasteiger charge is 2.17. The lowest BCUT2D eigenvalue weighted by atomic mass is 10.1. The first-order valence-corrected chi connectivity index (χ1v) is 8.62. The van der Waals surface area contributed by atoms with Crippen molar-refractivity contribution >= 4 is 33.4 Å². The van der Waals surface area contributed by atoms with E-state index in [0.717, 1.165) is 44.6 Å². The van der Waals surface area contributed by atoms with Crippen LogP contribution < -0.4 is 0 Å². The predicted molar refractivity (Wildman–Crippen MR) is 104 cm³/mol. The molecule has 0 unspecified atom stereocenters. The van der Waals surface area contributed by atoms with Crippen LogP contribution in [0, 0.1) is 0 Å². The second-order valence-corrected chi connectivity index (χ2v) is 6.42. The van der Waals surface area contributed by atoms with Crippen molar-refractivity contribution in [1.29, 1.82) is 0 Å². The molecule has 0 bridgehead atoms. The van der Waals surface area contributed by atoms with Crippen LogP contribution in [0.4, 0.5) is 0 Å². The molecule has 0 radical (unpaired) electrons. The highest BCUT2D eigenvalue weighted by Crippen LogP contribution is 2.30. The summed E-state index contributed by atoms with van der Waals surface area (Å²) < 4.78 is 4.42. The van der Waals surface area contributed by atoms with Crippen molar-refractivity contribution in [2.45, 2.75) is 0 Å². The fraction of sp³-hybridized carbons (Fsp3) is 0. The van der Waals surface area contributed by atoms with E-state index in [0.29, 0.717) is 0 Å². The van der Waals surface area contributed by atoms with Gasteiger partial charge in [0.15, 0.2) is 11.3 Å². The lowest BCUT2D eigenvalue weighted by Gasteiger charge is -2.09. The van der Waals surface area contributed by atoms with Gasteiger partial charge in [0.05, 0.1) is 34.0 Å². The predicted octanol–water partition coefficient (Wildman–Crippen LogP) is 4.96. The maximum atomic E-state index is 4.88. The molecule has 4 nitrogen and oxygen atoms in total. The van der Waals surface area contributed by atoms with E-state index in [1.807, 2.05) is 18.3 Å². The summed E-state index contributed by atoms with van der Waals surface area (Å²) in [4.78, 5) is 9.63. The lowest BCUT2D eigenvalue weighted by Crippen LogP contribution is -1.98. The Hall–Kier alpha value is -3.66. The highest BCUT2D eigenvalue weighted by molar-refractivity contribution is 5.95. The minimum atomic E-state index is 0.874. The van der Waals surface area contributed by atoms with Crippen LogP contribution >= 0.6 is 0 Å². The minimum Gasteiger partial charge on any atom is -0.288 e. The molecular formula is C22H14N4. The highest BCUT2D eigenvalue weighted by atomic mass is 15.1. The topological polar surface area (TPSA) is 34.6 Å². The van der Waals surface area contributed by atoms with Crippen LogP contribution in [0.5, 0.6) is 0 Å². The second kappa shape index (κ2) is 4.92. The van der Waals surface area contributed by atoms with Gasteiger partial charge in [0.1, 0.15) is 0 Å². The van der Waals surface area contributed by atoms with Gasteiger partial charge in [-0.1, -0.05) is 54.6 Å². The summed E-state index contributed by atoms with van der Waals surface area (Å²) in [5.41, 5.74) is 8.30. The smallest absolute Gasteiger partial charge is 0.182 e. The Kier molecular flexibility index (Phi) is 2.58. The number of hydrogen-bond donors (Lipinski definition) is 0. The molecule has 0 amide bonds. The van der Waals surface area contributed by atoms with Gasteiger partial charge in [-0.25, -0.2) is 9.97 Å². The largest absolute Gasteiger partial charge is 0.288 e. The molecule has 0 N–H and O–H groups in total. The number of aromatic nitrogens is 4. The van der Waals surface area contributed by atoms with Crippen molar-refractivity contribution in [1.82, 2.24) is 18.8 Å². The summed E-state index contributed by atoms with van der Waals surface area (Å²) in [6.45, 7) is 0. The van der Waals surface area contributed by atoms with Crippen LogP contribution in [-0.2, 0) is 0 Å². The third-order valence-corrected chi connectivity index (χ3v) is 4.96. The first-order chi connectivity index (χ1) is 12.9. The quantitative estimate of drug-likeness (QED) is 0.426. The van der Waals surface area contributed by atoms with Crippen molar-refractivity contribution in [3.05, 3.63) is 85.1 Å². The zero-order valence-electron chi connectivity index (χ0n) is 13.9. The Morgan fingerprint density at radius 3 is 2.04 bits per heavy atom. The fourth-order valence-corrected chi connectivity index (χ4v) is 3.83. The zero-order valence-corrected chi connectivity index (χ0v) is 13.9. The molecule has 3 aromatic heterocycles. The van der Waals surface area contributed by atoms with Gasteiger partial charge in [0, 0.05) is 5.56 Å². The van der Waals surface area contributed by atoms with Crippen molar-refractivity contribution in [2.75, 3.05) is 0 Å². The molecule has 26 heavy (non-hydrogen) atoms. The van der Waals surface area contributed by atoms with Crippen LogP contribution in [0.15, 0.2) is 85.1 Å². The molecule has 122 valence electrons. The van der Waals surface area contributed by atoms with E-state index in [1.165, 1.54) is 0 Å². The average molecular weight is 334 g/mol. The summed E-state index contributed by atoms with van der Waals surface area (Å²) in [6.07, 6.45) is 1.94. The Bertz CT molecular complexity index is 1420. The van der Waals surface area contributed by atoms with E-state index in [4.69, 9.17) is 9.97 Å². The number of hydrogen-bond acceptors (Lipinski definition) is 2. The first-order valence-electron chi connectivity index (χ1n) is 8.62.